The Bertz CT molecular complexity index is 861. The molecule has 0 amide bonds. The van der Waals surface area contributed by atoms with Crippen molar-refractivity contribution < 1.29 is 14.2 Å². The van der Waals surface area contributed by atoms with Crippen molar-refractivity contribution in [2.24, 2.45) is 0 Å². The van der Waals surface area contributed by atoms with E-state index in [1.165, 1.54) is 153 Å². The van der Waals surface area contributed by atoms with E-state index in [1.54, 1.807) is 0 Å². The number of ether oxygens (including phenoxy) is 3. The minimum Gasteiger partial charge on any atom is -0.321 e. The summed E-state index contributed by atoms with van der Waals surface area (Å²) < 4.78 is 22.8. The molecule has 306 valence electrons. The summed E-state index contributed by atoms with van der Waals surface area (Å²) in [7, 11) is 0. The lowest BCUT2D eigenvalue weighted by Gasteiger charge is -2.51. The molecule has 0 aliphatic carbocycles. The first-order valence-corrected chi connectivity index (χ1v) is 23.0. The molecule has 0 fully saturated rings. The summed E-state index contributed by atoms with van der Waals surface area (Å²) in [5.74, 6) is -1.23. The van der Waals surface area contributed by atoms with Crippen LogP contribution in [0.5, 0.6) is 0 Å². The average molecular weight is 729 g/mol. The summed E-state index contributed by atoms with van der Waals surface area (Å²) in [6.07, 6.45) is 34.7. The van der Waals surface area contributed by atoms with E-state index in [-0.39, 0.29) is 5.92 Å². The molecule has 0 aliphatic rings. The fourth-order valence-corrected chi connectivity index (χ4v) is 7.94. The Balaban J connectivity index is 3.60. The van der Waals surface area contributed by atoms with Gasteiger partial charge in [-0.25, -0.2) is 0 Å². The normalized spacial score (nSPS) is 13.6. The lowest BCUT2D eigenvalue weighted by Crippen LogP contribution is -2.57. The van der Waals surface area contributed by atoms with Crippen molar-refractivity contribution in [3.63, 3.8) is 0 Å². The summed E-state index contributed by atoms with van der Waals surface area (Å²) in [6.45, 7) is 23.0. The van der Waals surface area contributed by atoms with Crippen molar-refractivity contribution in [2.45, 2.75) is 278 Å². The fraction of sp³-hybridized carbons (Fsp3) is 0.878. The summed E-state index contributed by atoms with van der Waals surface area (Å²) in [4.78, 5) is 0. The molecule has 0 N–H and O–H groups in total. The topological polar surface area (TPSA) is 27.7 Å². The second-order valence-electron chi connectivity index (χ2n) is 18.3. The van der Waals surface area contributed by atoms with Gasteiger partial charge in [0.15, 0.2) is 0 Å². The Morgan fingerprint density at radius 3 is 1.00 bits per heavy atom. The number of benzene rings is 1. The lowest BCUT2D eigenvalue weighted by molar-refractivity contribution is -0.462. The predicted molar refractivity (Wildman–Crippen MR) is 229 cm³/mol. The molecule has 0 spiro atoms. The van der Waals surface area contributed by atoms with Crippen LogP contribution in [0.1, 0.15) is 261 Å². The van der Waals surface area contributed by atoms with E-state index in [0.717, 1.165) is 32.1 Å². The van der Waals surface area contributed by atoms with Crippen molar-refractivity contribution in [1.82, 2.24) is 0 Å². The Morgan fingerprint density at radius 1 is 0.385 bits per heavy atom. The third-order valence-corrected chi connectivity index (χ3v) is 11.1. The molecule has 0 heterocycles. The van der Waals surface area contributed by atoms with E-state index in [2.05, 4.69) is 99.6 Å². The van der Waals surface area contributed by atoms with Crippen molar-refractivity contribution in [2.75, 3.05) is 0 Å². The molecule has 0 saturated heterocycles. The minimum atomic E-state index is -1.20. The zero-order chi connectivity index (χ0) is 38.6. The molecule has 0 saturated carbocycles. The van der Waals surface area contributed by atoms with Crippen LogP contribution < -0.4 is 0 Å². The Labute approximate surface area is 326 Å². The molecule has 1 rings (SSSR count). The highest BCUT2D eigenvalue weighted by Crippen LogP contribution is 2.47. The quantitative estimate of drug-likeness (QED) is 0.0509. The molecule has 1 atom stereocenters. The molecule has 1 aromatic rings. The van der Waals surface area contributed by atoms with Crippen LogP contribution >= 0.6 is 0 Å². The molecule has 3 heteroatoms. The molecule has 0 bridgehead atoms. The SMILES string of the molecule is CCCCCCCCC(c1ccccc1)C(OC(C)(C)CCCCCCCC)(OC(C)(C)CCCCCCCC)OC(C)(C)CCCCCCCC. The van der Waals surface area contributed by atoms with Crippen LogP contribution in [0.25, 0.3) is 0 Å². The zero-order valence-corrected chi connectivity index (χ0v) is 37.0. The lowest BCUT2D eigenvalue weighted by atomic mass is 9.88. The first-order valence-electron chi connectivity index (χ1n) is 23.0. The van der Waals surface area contributed by atoms with Gasteiger partial charge in [0, 0.05) is 0 Å². The van der Waals surface area contributed by atoms with E-state index in [0.29, 0.717) is 0 Å². The van der Waals surface area contributed by atoms with Crippen LogP contribution in [0.15, 0.2) is 30.3 Å². The Kier molecular flexibility index (Phi) is 26.9. The van der Waals surface area contributed by atoms with Crippen molar-refractivity contribution in [1.29, 1.82) is 0 Å². The highest BCUT2D eigenvalue weighted by molar-refractivity contribution is 5.22. The van der Waals surface area contributed by atoms with E-state index in [9.17, 15) is 0 Å². The third kappa shape index (κ3) is 23.1. The smallest absolute Gasteiger partial charge is 0.291 e. The van der Waals surface area contributed by atoms with Crippen LogP contribution in [-0.2, 0) is 14.2 Å². The number of unbranched alkanes of at least 4 members (excludes halogenated alkanes) is 20. The molecule has 1 aromatic carbocycles. The number of hydrogen-bond acceptors (Lipinski definition) is 3. The largest absolute Gasteiger partial charge is 0.321 e. The van der Waals surface area contributed by atoms with Crippen molar-refractivity contribution in [3.05, 3.63) is 35.9 Å². The van der Waals surface area contributed by atoms with Gasteiger partial charge in [-0.1, -0.05) is 212 Å². The van der Waals surface area contributed by atoms with Crippen molar-refractivity contribution >= 4 is 0 Å². The van der Waals surface area contributed by atoms with Gasteiger partial charge in [-0.3, -0.25) is 0 Å². The van der Waals surface area contributed by atoms with Crippen LogP contribution in [0.2, 0.25) is 0 Å². The van der Waals surface area contributed by atoms with E-state index in [4.69, 9.17) is 14.2 Å². The summed E-state index contributed by atoms with van der Waals surface area (Å²) in [5, 5.41) is 0. The highest BCUT2D eigenvalue weighted by Gasteiger charge is 2.52. The van der Waals surface area contributed by atoms with E-state index >= 15 is 0 Å². The maximum atomic E-state index is 7.61. The summed E-state index contributed by atoms with van der Waals surface area (Å²) >= 11 is 0. The second-order valence-corrected chi connectivity index (χ2v) is 18.3. The molecular weight excluding hydrogens is 637 g/mol. The van der Waals surface area contributed by atoms with Gasteiger partial charge in [-0.2, -0.15) is 0 Å². The Morgan fingerprint density at radius 2 is 0.673 bits per heavy atom. The zero-order valence-electron chi connectivity index (χ0n) is 37.0. The standard InChI is InChI=1S/C49H92O3/c1-11-15-19-23-27-34-40-45(44-38-32-31-33-39-44)49(50-46(5,6)41-35-28-24-20-16-12-2,51-47(7,8)42-36-29-25-21-17-13-3)52-48(9,10)43-37-30-26-22-18-14-4/h31-33,38-39,45H,11-30,34-37,40-43H2,1-10H3. The molecule has 3 nitrogen and oxygen atoms in total. The van der Waals surface area contributed by atoms with Gasteiger partial charge in [-0.15, -0.1) is 0 Å². The van der Waals surface area contributed by atoms with Crippen LogP contribution in [0.4, 0.5) is 0 Å². The molecule has 0 aromatic heterocycles. The average Bonchev–Trinajstić information content (AvgIpc) is 3.08. The van der Waals surface area contributed by atoms with Gasteiger partial charge in [-0.05, 0) is 72.8 Å². The van der Waals surface area contributed by atoms with Crippen LogP contribution in [-0.4, -0.2) is 22.8 Å². The van der Waals surface area contributed by atoms with Gasteiger partial charge in [0.05, 0.1) is 22.7 Å². The molecular formula is C49H92O3. The first kappa shape index (κ1) is 49.1. The van der Waals surface area contributed by atoms with Gasteiger partial charge in [0.25, 0.3) is 5.97 Å². The van der Waals surface area contributed by atoms with Gasteiger partial charge < -0.3 is 14.2 Å². The molecule has 1 unspecified atom stereocenters. The van der Waals surface area contributed by atoms with E-state index < -0.39 is 22.8 Å². The molecule has 0 radical (unpaired) electrons. The number of rotatable bonds is 36. The summed E-state index contributed by atoms with van der Waals surface area (Å²) in [6, 6.07) is 11.1. The van der Waals surface area contributed by atoms with Crippen LogP contribution in [0, 0.1) is 0 Å². The summed E-state index contributed by atoms with van der Waals surface area (Å²) in [5.41, 5.74) is 0.0828. The van der Waals surface area contributed by atoms with Gasteiger partial charge in [0.1, 0.15) is 0 Å². The monoisotopic (exact) mass is 729 g/mol. The van der Waals surface area contributed by atoms with Gasteiger partial charge >= 0.3 is 0 Å². The first-order chi connectivity index (χ1) is 24.9. The second kappa shape index (κ2) is 28.5. The van der Waals surface area contributed by atoms with Crippen molar-refractivity contribution in [3.8, 4) is 0 Å². The predicted octanol–water partition coefficient (Wildman–Crippen LogP) is 16.8. The molecule has 52 heavy (non-hydrogen) atoms. The highest BCUT2D eigenvalue weighted by atomic mass is 16.9. The molecule has 0 aliphatic heterocycles. The maximum absolute atomic E-state index is 7.61. The van der Waals surface area contributed by atoms with E-state index in [1.807, 2.05) is 0 Å². The van der Waals surface area contributed by atoms with Gasteiger partial charge in [0.2, 0.25) is 0 Å². The van der Waals surface area contributed by atoms with Crippen LogP contribution in [0.3, 0.4) is 0 Å². The minimum absolute atomic E-state index is 0.0311. The fourth-order valence-electron chi connectivity index (χ4n) is 7.94. The third-order valence-electron chi connectivity index (χ3n) is 11.1. The Hall–Kier alpha value is -0.900. The number of hydrogen-bond donors (Lipinski definition) is 0. The maximum Gasteiger partial charge on any atom is 0.291 e.